The second-order valence-corrected chi connectivity index (χ2v) is 8.42. The second kappa shape index (κ2) is 9.69. The summed E-state index contributed by atoms with van der Waals surface area (Å²) in [5, 5.41) is 0.396. The summed E-state index contributed by atoms with van der Waals surface area (Å²) in [5.41, 5.74) is 2.10. The van der Waals surface area contributed by atoms with Crippen LogP contribution in [0.15, 0.2) is 71.5 Å². The first kappa shape index (κ1) is 23.3. The van der Waals surface area contributed by atoms with Gasteiger partial charge < -0.3 is 19.3 Å². The molecule has 5 rings (SSSR count). The van der Waals surface area contributed by atoms with Gasteiger partial charge >= 0.3 is 5.97 Å². The molecule has 0 spiro atoms. The number of carbonyl (C=O) groups is 1. The standard InChI is InChI=1S/C27H25FN4O4/c1-35-22-10-8-21(9-11-22)32-25(33)23-12-3-18(26(34)36-2)17-24(23)29-27(32)31-15-13-30(14-16-31)20-6-4-19(28)5-7-20/h3-12,17H,13-16H2,1-2H3. The zero-order chi connectivity index (χ0) is 25.2. The molecule has 9 heteroatoms. The van der Waals surface area contributed by atoms with Crippen LogP contribution in [0.25, 0.3) is 16.6 Å². The van der Waals surface area contributed by atoms with E-state index >= 15 is 0 Å². The summed E-state index contributed by atoms with van der Waals surface area (Å²) < 4.78 is 25.1. The number of aromatic nitrogens is 2. The highest BCUT2D eigenvalue weighted by molar-refractivity contribution is 5.94. The van der Waals surface area contributed by atoms with Crippen molar-refractivity contribution in [1.82, 2.24) is 9.55 Å². The maximum atomic E-state index is 13.7. The van der Waals surface area contributed by atoms with E-state index in [1.54, 1.807) is 54.1 Å². The molecule has 8 nitrogen and oxygen atoms in total. The highest BCUT2D eigenvalue weighted by Gasteiger charge is 2.24. The predicted molar refractivity (Wildman–Crippen MR) is 136 cm³/mol. The molecule has 0 bridgehead atoms. The number of carbonyl (C=O) groups excluding carboxylic acids is 1. The third-order valence-electron chi connectivity index (χ3n) is 6.36. The normalized spacial score (nSPS) is 13.6. The monoisotopic (exact) mass is 488 g/mol. The lowest BCUT2D eigenvalue weighted by molar-refractivity contribution is 0.0601. The molecule has 36 heavy (non-hydrogen) atoms. The summed E-state index contributed by atoms with van der Waals surface area (Å²) >= 11 is 0. The number of hydrogen-bond donors (Lipinski definition) is 0. The number of nitrogens with zero attached hydrogens (tertiary/aromatic N) is 4. The molecule has 0 unspecified atom stereocenters. The zero-order valence-electron chi connectivity index (χ0n) is 20.0. The molecular formula is C27H25FN4O4. The minimum Gasteiger partial charge on any atom is -0.497 e. The number of benzene rings is 3. The lowest BCUT2D eigenvalue weighted by Gasteiger charge is -2.37. The van der Waals surface area contributed by atoms with Crippen LogP contribution in [-0.4, -0.2) is 55.9 Å². The number of halogens is 1. The van der Waals surface area contributed by atoms with Gasteiger partial charge in [0.25, 0.3) is 5.56 Å². The van der Waals surface area contributed by atoms with Gasteiger partial charge in [-0.25, -0.2) is 18.7 Å². The third-order valence-corrected chi connectivity index (χ3v) is 6.36. The Morgan fingerprint density at radius 3 is 2.14 bits per heavy atom. The van der Waals surface area contributed by atoms with Crippen LogP contribution < -0.4 is 20.1 Å². The Morgan fingerprint density at radius 2 is 1.50 bits per heavy atom. The molecule has 1 aromatic heterocycles. The van der Waals surface area contributed by atoms with Crippen molar-refractivity contribution in [3.8, 4) is 11.4 Å². The topological polar surface area (TPSA) is 76.9 Å². The van der Waals surface area contributed by atoms with E-state index < -0.39 is 5.97 Å². The van der Waals surface area contributed by atoms with Crippen molar-refractivity contribution in [2.75, 3.05) is 50.2 Å². The minimum atomic E-state index is -0.493. The van der Waals surface area contributed by atoms with Gasteiger partial charge in [-0.1, -0.05) is 0 Å². The fraction of sp³-hybridized carbons (Fsp3) is 0.222. The Bertz CT molecular complexity index is 1460. The van der Waals surface area contributed by atoms with E-state index in [9.17, 15) is 14.0 Å². The summed E-state index contributed by atoms with van der Waals surface area (Å²) in [5.74, 6) is 0.399. The first-order valence-corrected chi connectivity index (χ1v) is 11.5. The fourth-order valence-corrected chi connectivity index (χ4v) is 4.41. The lowest BCUT2D eigenvalue weighted by atomic mass is 10.1. The molecule has 0 radical (unpaired) electrons. The van der Waals surface area contributed by atoms with Gasteiger partial charge in [0, 0.05) is 31.9 Å². The van der Waals surface area contributed by atoms with Gasteiger partial charge in [-0.05, 0) is 66.7 Å². The quantitative estimate of drug-likeness (QED) is 0.397. The Kier molecular flexibility index (Phi) is 6.28. The van der Waals surface area contributed by atoms with E-state index in [0.29, 0.717) is 60.0 Å². The van der Waals surface area contributed by atoms with Crippen molar-refractivity contribution in [2.24, 2.45) is 0 Å². The molecule has 0 saturated carbocycles. The van der Waals surface area contributed by atoms with Crippen LogP contribution in [0.3, 0.4) is 0 Å². The number of fused-ring (bicyclic) bond motifs is 1. The Labute approximate surface area is 207 Å². The average Bonchev–Trinajstić information content (AvgIpc) is 2.93. The van der Waals surface area contributed by atoms with E-state index in [1.165, 1.54) is 19.2 Å². The fourth-order valence-electron chi connectivity index (χ4n) is 4.41. The van der Waals surface area contributed by atoms with E-state index in [1.807, 2.05) is 12.1 Å². The Balaban J connectivity index is 1.57. The van der Waals surface area contributed by atoms with Gasteiger partial charge in [0.15, 0.2) is 0 Å². The van der Waals surface area contributed by atoms with Crippen molar-refractivity contribution in [2.45, 2.75) is 0 Å². The molecular weight excluding hydrogens is 463 g/mol. The van der Waals surface area contributed by atoms with Crippen LogP contribution in [0.5, 0.6) is 5.75 Å². The maximum Gasteiger partial charge on any atom is 0.337 e. The number of methoxy groups -OCH3 is 2. The van der Waals surface area contributed by atoms with Crippen LogP contribution in [-0.2, 0) is 4.74 Å². The average molecular weight is 489 g/mol. The second-order valence-electron chi connectivity index (χ2n) is 8.42. The summed E-state index contributed by atoms with van der Waals surface area (Å²) in [4.78, 5) is 34.9. The molecule has 0 aliphatic carbocycles. The smallest absolute Gasteiger partial charge is 0.337 e. The summed E-state index contributed by atoms with van der Waals surface area (Å²) in [7, 11) is 2.90. The van der Waals surface area contributed by atoms with Gasteiger partial charge in [-0.15, -0.1) is 0 Å². The Morgan fingerprint density at radius 1 is 0.861 bits per heavy atom. The van der Waals surface area contributed by atoms with Crippen molar-refractivity contribution in [3.63, 3.8) is 0 Å². The van der Waals surface area contributed by atoms with E-state index in [2.05, 4.69) is 9.80 Å². The molecule has 1 saturated heterocycles. The summed E-state index contributed by atoms with van der Waals surface area (Å²) in [6, 6.07) is 18.4. The van der Waals surface area contributed by atoms with E-state index in [4.69, 9.17) is 14.5 Å². The number of anilines is 2. The Hall–Kier alpha value is -4.40. The molecule has 1 fully saturated rings. The lowest BCUT2D eigenvalue weighted by Crippen LogP contribution is -2.48. The first-order chi connectivity index (χ1) is 17.5. The van der Waals surface area contributed by atoms with Gasteiger partial charge in [0.1, 0.15) is 11.6 Å². The number of esters is 1. The number of piperazine rings is 1. The van der Waals surface area contributed by atoms with Crippen LogP contribution in [0, 0.1) is 5.82 Å². The largest absolute Gasteiger partial charge is 0.497 e. The van der Waals surface area contributed by atoms with Crippen molar-refractivity contribution < 1.29 is 18.7 Å². The first-order valence-electron chi connectivity index (χ1n) is 11.5. The van der Waals surface area contributed by atoms with Gasteiger partial charge in [-0.2, -0.15) is 0 Å². The molecule has 4 aromatic rings. The zero-order valence-corrected chi connectivity index (χ0v) is 20.0. The molecule has 184 valence electrons. The van der Waals surface area contributed by atoms with Crippen LogP contribution in [0.4, 0.5) is 16.0 Å². The maximum absolute atomic E-state index is 13.7. The van der Waals surface area contributed by atoms with Crippen molar-refractivity contribution >= 4 is 28.5 Å². The van der Waals surface area contributed by atoms with Gasteiger partial charge in [-0.3, -0.25) is 4.79 Å². The van der Waals surface area contributed by atoms with E-state index in [-0.39, 0.29) is 11.4 Å². The number of ether oxygens (including phenoxy) is 2. The SMILES string of the molecule is COC(=O)c1ccc2c(=O)n(-c3ccc(OC)cc3)c(N3CCN(c4ccc(F)cc4)CC3)nc2c1. The van der Waals surface area contributed by atoms with Crippen LogP contribution in [0.2, 0.25) is 0 Å². The molecule has 1 aliphatic rings. The molecule has 0 atom stereocenters. The molecule has 1 aliphatic heterocycles. The van der Waals surface area contributed by atoms with E-state index in [0.717, 1.165) is 5.69 Å². The molecule has 0 N–H and O–H groups in total. The predicted octanol–water partition coefficient (Wildman–Crippen LogP) is 3.65. The van der Waals surface area contributed by atoms with Crippen molar-refractivity contribution in [3.05, 3.63) is 88.5 Å². The minimum absolute atomic E-state index is 0.238. The van der Waals surface area contributed by atoms with Crippen molar-refractivity contribution in [1.29, 1.82) is 0 Å². The number of rotatable bonds is 5. The molecule has 3 aromatic carbocycles. The summed E-state index contributed by atoms with van der Waals surface area (Å²) in [6.07, 6.45) is 0. The number of hydrogen-bond acceptors (Lipinski definition) is 7. The third kappa shape index (κ3) is 4.35. The summed E-state index contributed by atoms with van der Waals surface area (Å²) in [6.45, 7) is 2.54. The van der Waals surface area contributed by atoms with Crippen LogP contribution in [0.1, 0.15) is 10.4 Å². The van der Waals surface area contributed by atoms with Crippen LogP contribution >= 0.6 is 0 Å². The highest BCUT2D eigenvalue weighted by Crippen LogP contribution is 2.25. The molecule has 2 heterocycles. The highest BCUT2D eigenvalue weighted by atomic mass is 19.1. The van der Waals surface area contributed by atoms with Gasteiger partial charge in [0.2, 0.25) is 5.95 Å². The van der Waals surface area contributed by atoms with Gasteiger partial charge in [0.05, 0.1) is 36.4 Å². The molecule has 0 amide bonds.